The van der Waals surface area contributed by atoms with Gasteiger partial charge in [-0.15, -0.1) is 0 Å². The Morgan fingerprint density at radius 2 is 1.55 bits per heavy atom. The molecule has 1 aromatic heterocycles. The van der Waals surface area contributed by atoms with E-state index in [1.165, 1.54) is 4.90 Å². The molecule has 0 saturated carbocycles. The zero-order valence-electron chi connectivity index (χ0n) is 17.4. The number of fused-ring (bicyclic) bond motifs is 6. The number of amides is 2. The standard InChI is InChI=1S/C25H23N3O3/c1-26-18-11-5-4-10-17(18)21-20(29)14-27-13-7-6-12-19(22(27)23(21)26)28-24(30)15-8-2-3-9-16(15)25(28)31/h2-5,8-11,19,22H,6-7,12-14H2,1H3/t19-,22-/m0/s1. The molecule has 4 heterocycles. The number of hydrogen-bond donors (Lipinski definition) is 0. The van der Waals surface area contributed by atoms with Gasteiger partial charge in [-0.05, 0) is 37.6 Å². The third-order valence-electron chi connectivity index (χ3n) is 7.17. The number of imide groups is 1. The quantitative estimate of drug-likeness (QED) is 0.572. The molecule has 3 aromatic rings. The molecule has 0 aliphatic carbocycles. The van der Waals surface area contributed by atoms with Gasteiger partial charge in [-0.3, -0.25) is 24.2 Å². The van der Waals surface area contributed by atoms with E-state index in [-0.39, 0.29) is 29.7 Å². The molecule has 0 spiro atoms. The van der Waals surface area contributed by atoms with E-state index in [1.54, 1.807) is 24.3 Å². The number of rotatable bonds is 1. The summed E-state index contributed by atoms with van der Waals surface area (Å²) in [6.45, 7) is 1.11. The van der Waals surface area contributed by atoms with Crippen molar-refractivity contribution in [2.24, 2.45) is 7.05 Å². The van der Waals surface area contributed by atoms with Crippen LogP contribution >= 0.6 is 0 Å². The van der Waals surface area contributed by atoms with Gasteiger partial charge in [0.2, 0.25) is 0 Å². The smallest absolute Gasteiger partial charge is 0.261 e. The summed E-state index contributed by atoms with van der Waals surface area (Å²) < 4.78 is 2.09. The van der Waals surface area contributed by atoms with Crippen LogP contribution in [0.1, 0.15) is 62.1 Å². The Bertz CT molecular complexity index is 1240. The first-order valence-electron chi connectivity index (χ1n) is 10.9. The van der Waals surface area contributed by atoms with E-state index in [0.717, 1.165) is 48.0 Å². The second-order valence-corrected chi connectivity index (χ2v) is 8.76. The van der Waals surface area contributed by atoms with E-state index < -0.39 is 0 Å². The fourth-order valence-electron chi connectivity index (χ4n) is 5.84. The van der Waals surface area contributed by atoms with Gasteiger partial charge in [0.1, 0.15) is 0 Å². The average Bonchev–Trinajstić information content (AvgIpc) is 3.11. The topological polar surface area (TPSA) is 62.6 Å². The number of para-hydroxylation sites is 1. The molecule has 6 rings (SSSR count). The predicted molar refractivity (Wildman–Crippen MR) is 116 cm³/mol. The highest BCUT2D eigenvalue weighted by Crippen LogP contribution is 2.43. The molecule has 0 N–H and O–H groups in total. The third-order valence-corrected chi connectivity index (χ3v) is 7.17. The Hall–Kier alpha value is -3.25. The number of carbonyl (C=O) groups excluding carboxylic acids is 3. The van der Waals surface area contributed by atoms with Gasteiger partial charge in [-0.2, -0.15) is 0 Å². The van der Waals surface area contributed by atoms with E-state index in [2.05, 4.69) is 9.47 Å². The SMILES string of the molecule is Cn1c2c(c3ccccc31)C(=O)CN1CCCC[C@H](N3C(=O)c4ccccc4C3=O)[C@@H]21. The molecule has 1 fully saturated rings. The largest absolute Gasteiger partial charge is 0.345 e. The summed E-state index contributed by atoms with van der Waals surface area (Å²) in [5.41, 5.74) is 3.65. The average molecular weight is 413 g/mol. The first-order chi connectivity index (χ1) is 15.1. The van der Waals surface area contributed by atoms with Crippen molar-refractivity contribution in [2.45, 2.75) is 31.3 Å². The van der Waals surface area contributed by atoms with Gasteiger partial charge in [-0.1, -0.05) is 36.8 Å². The molecule has 3 aliphatic rings. The Morgan fingerprint density at radius 1 is 0.871 bits per heavy atom. The van der Waals surface area contributed by atoms with Gasteiger partial charge in [0.25, 0.3) is 11.8 Å². The molecule has 2 atom stereocenters. The number of benzene rings is 2. The zero-order chi connectivity index (χ0) is 21.3. The Kier molecular flexibility index (Phi) is 3.96. The van der Waals surface area contributed by atoms with Crippen LogP contribution in [0.25, 0.3) is 10.9 Å². The van der Waals surface area contributed by atoms with Crippen molar-refractivity contribution < 1.29 is 14.4 Å². The number of carbonyl (C=O) groups is 3. The van der Waals surface area contributed by atoms with Crippen LogP contribution in [-0.2, 0) is 7.05 Å². The lowest BCUT2D eigenvalue weighted by Crippen LogP contribution is -2.51. The summed E-state index contributed by atoms with van der Waals surface area (Å²) >= 11 is 0. The Morgan fingerprint density at radius 3 is 2.29 bits per heavy atom. The summed E-state index contributed by atoms with van der Waals surface area (Å²) in [6.07, 6.45) is 2.60. The summed E-state index contributed by atoms with van der Waals surface area (Å²) in [7, 11) is 1.99. The number of ketones is 1. The molecule has 3 aliphatic heterocycles. The second-order valence-electron chi connectivity index (χ2n) is 8.76. The predicted octanol–water partition coefficient (Wildman–Crippen LogP) is 3.57. The van der Waals surface area contributed by atoms with Crippen LogP contribution in [0.4, 0.5) is 0 Å². The van der Waals surface area contributed by atoms with Crippen LogP contribution in [0.2, 0.25) is 0 Å². The van der Waals surface area contributed by atoms with Crippen molar-refractivity contribution in [1.29, 1.82) is 0 Å². The number of hydrogen-bond acceptors (Lipinski definition) is 4. The molecule has 31 heavy (non-hydrogen) atoms. The summed E-state index contributed by atoms with van der Waals surface area (Å²) in [5, 5.41) is 0.954. The molecular formula is C25H23N3O3. The minimum absolute atomic E-state index is 0.117. The van der Waals surface area contributed by atoms with Crippen LogP contribution in [0.5, 0.6) is 0 Å². The Balaban J connectivity index is 1.55. The van der Waals surface area contributed by atoms with Crippen LogP contribution in [0.3, 0.4) is 0 Å². The molecule has 6 heteroatoms. The summed E-state index contributed by atoms with van der Waals surface area (Å²) in [6, 6.07) is 14.5. The molecular weight excluding hydrogens is 390 g/mol. The van der Waals surface area contributed by atoms with Crippen molar-refractivity contribution in [1.82, 2.24) is 14.4 Å². The van der Waals surface area contributed by atoms with E-state index in [9.17, 15) is 14.4 Å². The third kappa shape index (κ3) is 2.45. The lowest BCUT2D eigenvalue weighted by Gasteiger charge is -2.41. The monoisotopic (exact) mass is 413 g/mol. The van der Waals surface area contributed by atoms with Crippen molar-refractivity contribution in [3.05, 3.63) is 70.9 Å². The summed E-state index contributed by atoms with van der Waals surface area (Å²) in [5.74, 6) is -0.319. The van der Waals surface area contributed by atoms with Crippen molar-refractivity contribution >= 4 is 28.5 Å². The van der Waals surface area contributed by atoms with Gasteiger partial charge in [-0.25, -0.2) is 0 Å². The van der Waals surface area contributed by atoms with Crippen LogP contribution in [-0.4, -0.2) is 51.1 Å². The van der Waals surface area contributed by atoms with Gasteiger partial charge in [0, 0.05) is 29.2 Å². The minimum Gasteiger partial charge on any atom is -0.345 e. The van der Waals surface area contributed by atoms with Gasteiger partial charge in [0.05, 0.1) is 29.8 Å². The molecule has 2 amide bonds. The maximum Gasteiger partial charge on any atom is 0.261 e. The number of aromatic nitrogens is 1. The summed E-state index contributed by atoms with van der Waals surface area (Å²) in [4.78, 5) is 43.6. The van der Waals surface area contributed by atoms with Crippen LogP contribution in [0, 0.1) is 0 Å². The number of nitrogens with zero attached hydrogens (tertiary/aromatic N) is 3. The lowest BCUT2D eigenvalue weighted by atomic mass is 9.90. The molecule has 156 valence electrons. The first-order valence-corrected chi connectivity index (χ1v) is 10.9. The Labute approximate surface area is 180 Å². The maximum absolute atomic E-state index is 13.3. The minimum atomic E-state index is -0.301. The maximum atomic E-state index is 13.3. The van der Waals surface area contributed by atoms with Crippen molar-refractivity contribution in [2.75, 3.05) is 13.1 Å². The van der Waals surface area contributed by atoms with Gasteiger partial charge in [0.15, 0.2) is 5.78 Å². The zero-order valence-corrected chi connectivity index (χ0v) is 17.4. The molecule has 1 saturated heterocycles. The van der Waals surface area contributed by atoms with E-state index in [4.69, 9.17) is 0 Å². The normalized spacial score (nSPS) is 23.6. The number of aryl methyl sites for hydroxylation is 1. The fourth-order valence-corrected chi connectivity index (χ4v) is 5.84. The van der Waals surface area contributed by atoms with Gasteiger partial charge >= 0.3 is 0 Å². The van der Waals surface area contributed by atoms with Crippen molar-refractivity contribution in [3.63, 3.8) is 0 Å². The van der Waals surface area contributed by atoms with Gasteiger partial charge < -0.3 is 4.57 Å². The molecule has 0 radical (unpaired) electrons. The van der Waals surface area contributed by atoms with Crippen molar-refractivity contribution in [3.8, 4) is 0 Å². The second kappa shape index (κ2) is 6.62. The van der Waals surface area contributed by atoms with E-state index in [0.29, 0.717) is 17.7 Å². The fraction of sp³-hybridized carbons (Fsp3) is 0.320. The molecule has 0 bridgehead atoms. The highest BCUT2D eigenvalue weighted by Gasteiger charge is 2.48. The molecule has 6 nitrogen and oxygen atoms in total. The highest BCUT2D eigenvalue weighted by atomic mass is 16.2. The lowest BCUT2D eigenvalue weighted by molar-refractivity contribution is 0.0424. The van der Waals surface area contributed by atoms with Crippen LogP contribution < -0.4 is 0 Å². The number of Topliss-reactive ketones (excluding diaryl/α,β-unsaturated/α-hetero) is 1. The van der Waals surface area contributed by atoms with E-state index >= 15 is 0 Å². The highest BCUT2D eigenvalue weighted by molar-refractivity contribution is 6.21. The van der Waals surface area contributed by atoms with E-state index in [1.807, 2.05) is 31.3 Å². The first kappa shape index (κ1) is 18.5. The molecule has 0 unspecified atom stereocenters. The van der Waals surface area contributed by atoms with Crippen LogP contribution in [0.15, 0.2) is 48.5 Å². The molecule has 2 aromatic carbocycles.